The van der Waals surface area contributed by atoms with E-state index in [0.29, 0.717) is 27.8 Å². The van der Waals surface area contributed by atoms with Gasteiger partial charge in [0.2, 0.25) is 0 Å². The van der Waals surface area contributed by atoms with Crippen LogP contribution in [-0.4, -0.2) is 17.1 Å². The number of methoxy groups -OCH3 is 1. The molecule has 0 saturated heterocycles. The molecule has 0 spiro atoms. The Morgan fingerprint density at radius 3 is 2.30 bits per heavy atom. The van der Waals surface area contributed by atoms with Gasteiger partial charge in [-0.2, -0.15) is 13.2 Å². The van der Waals surface area contributed by atoms with Gasteiger partial charge in [-0.3, -0.25) is 0 Å². The van der Waals surface area contributed by atoms with Crippen LogP contribution in [0.5, 0.6) is 5.75 Å². The van der Waals surface area contributed by atoms with E-state index in [9.17, 15) is 13.2 Å². The number of hydrogen-bond donors (Lipinski definition) is 1. The average molecular weight is 414 g/mol. The molecule has 3 aromatic rings. The Bertz CT molecular complexity index is 963. The van der Waals surface area contributed by atoms with E-state index in [0.717, 1.165) is 12.1 Å². The van der Waals surface area contributed by atoms with Crippen molar-refractivity contribution < 1.29 is 17.9 Å². The Balaban J connectivity index is 1.93. The lowest BCUT2D eigenvalue weighted by molar-refractivity contribution is -0.137. The molecule has 0 fully saturated rings. The van der Waals surface area contributed by atoms with Gasteiger partial charge in [-0.15, -0.1) is 0 Å². The Morgan fingerprint density at radius 1 is 0.963 bits per heavy atom. The predicted octanol–water partition coefficient (Wildman–Crippen LogP) is 6.22. The van der Waals surface area contributed by atoms with Gasteiger partial charge in [0.1, 0.15) is 16.7 Å². The molecule has 0 aliphatic heterocycles. The standard InChI is InChI=1S/C18H12Cl2F3N3O/c1-27-12-6-7-13(19)14(8-12)24-16-9-15(20)25-17(26-16)10-2-4-11(5-3-10)18(21,22)23/h2-9H,1H3,(H,24,25,26). The van der Waals surface area contributed by atoms with Crippen molar-refractivity contribution >= 4 is 34.7 Å². The lowest BCUT2D eigenvalue weighted by Crippen LogP contribution is -2.04. The molecule has 2 aromatic carbocycles. The second-order valence-electron chi connectivity index (χ2n) is 5.45. The molecule has 0 unspecified atom stereocenters. The van der Waals surface area contributed by atoms with E-state index in [1.165, 1.54) is 25.3 Å². The second kappa shape index (κ2) is 7.62. The van der Waals surface area contributed by atoms with Crippen molar-refractivity contribution in [3.05, 3.63) is 64.3 Å². The van der Waals surface area contributed by atoms with Gasteiger partial charge in [-0.05, 0) is 24.3 Å². The van der Waals surface area contributed by atoms with Gasteiger partial charge >= 0.3 is 6.18 Å². The van der Waals surface area contributed by atoms with E-state index < -0.39 is 11.7 Å². The molecule has 9 heteroatoms. The van der Waals surface area contributed by atoms with Crippen molar-refractivity contribution in [1.82, 2.24) is 9.97 Å². The third-order valence-electron chi connectivity index (χ3n) is 3.60. The fourth-order valence-corrected chi connectivity index (χ4v) is 2.63. The van der Waals surface area contributed by atoms with Crippen LogP contribution in [0.15, 0.2) is 48.5 Å². The number of nitrogens with one attached hydrogen (secondary N) is 1. The molecule has 27 heavy (non-hydrogen) atoms. The first-order chi connectivity index (χ1) is 12.8. The molecule has 0 bridgehead atoms. The van der Waals surface area contributed by atoms with E-state index in [1.807, 2.05) is 0 Å². The lowest BCUT2D eigenvalue weighted by atomic mass is 10.1. The number of ether oxygens (including phenoxy) is 1. The normalized spacial score (nSPS) is 11.3. The summed E-state index contributed by atoms with van der Waals surface area (Å²) in [6.07, 6.45) is -4.41. The van der Waals surface area contributed by atoms with Crippen molar-refractivity contribution in [3.8, 4) is 17.1 Å². The lowest BCUT2D eigenvalue weighted by Gasteiger charge is -2.11. The van der Waals surface area contributed by atoms with Crippen molar-refractivity contribution in [3.63, 3.8) is 0 Å². The number of halogens is 5. The molecular weight excluding hydrogens is 402 g/mol. The maximum Gasteiger partial charge on any atom is 0.416 e. The Kier molecular flexibility index (Phi) is 5.43. The summed E-state index contributed by atoms with van der Waals surface area (Å²) < 4.78 is 43.3. The van der Waals surface area contributed by atoms with Crippen LogP contribution in [0.4, 0.5) is 24.7 Å². The van der Waals surface area contributed by atoms with Gasteiger partial charge in [-0.1, -0.05) is 35.3 Å². The second-order valence-corrected chi connectivity index (χ2v) is 6.24. The average Bonchev–Trinajstić information content (AvgIpc) is 2.62. The van der Waals surface area contributed by atoms with E-state index >= 15 is 0 Å². The highest BCUT2D eigenvalue weighted by molar-refractivity contribution is 6.33. The molecular formula is C18H12Cl2F3N3O. The summed E-state index contributed by atoms with van der Waals surface area (Å²) in [4.78, 5) is 8.37. The zero-order valence-electron chi connectivity index (χ0n) is 13.8. The van der Waals surface area contributed by atoms with Crippen LogP contribution in [0, 0.1) is 0 Å². The van der Waals surface area contributed by atoms with E-state index in [1.54, 1.807) is 18.2 Å². The van der Waals surface area contributed by atoms with E-state index in [4.69, 9.17) is 27.9 Å². The van der Waals surface area contributed by atoms with Crippen LogP contribution in [0.1, 0.15) is 5.56 Å². The number of hydrogen-bond acceptors (Lipinski definition) is 4. The van der Waals surface area contributed by atoms with Crippen LogP contribution >= 0.6 is 23.2 Å². The quantitative estimate of drug-likeness (QED) is 0.515. The van der Waals surface area contributed by atoms with Crippen LogP contribution < -0.4 is 10.1 Å². The van der Waals surface area contributed by atoms with Crippen LogP contribution in [0.3, 0.4) is 0 Å². The Morgan fingerprint density at radius 2 is 1.67 bits per heavy atom. The minimum absolute atomic E-state index is 0.126. The predicted molar refractivity (Wildman–Crippen MR) is 98.8 cm³/mol. The van der Waals surface area contributed by atoms with Gasteiger partial charge in [-0.25, -0.2) is 9.97 Å². The maximum atomic E-state index is 12.7. The molecule has 4 nitrogen and oxygen atoms in total. The van der Waals surface area contributed by atoms with Crippen LogP contribution in [0.2, 0.25) is 10.2 Å². The van der Waals surface area contributed by atoms with Crippen LogP contribution in [0.25, 0.3) is 11.4 Å². The molecule has 0 saturated carbocycles. The maximum absolute atomic E-state index is 12.7. The highest BCUT2D eigenvalue weighted by Crippen LogP contribution is 2.32. The van der Waals surface area contributed by atoms with Gasteiger partial charge in [0, 0.05) is 17.7 Å². The number of rotatable bonds is 4. The first-order valence-corrected chi connectivity index (χ1v) is 8.34. The largest absolute Gasteiger partial charge is 0.497 e. The summed E-state index contributed by atoms with van der Waals surface area (Å²) in [5, 5.41) is 3.56. The number of alkyl halides is 3. The molecule has 0 atom stereocenters. The molecule has 0 amide bonds. The van der Waals surface area contributed by atoms with Crippen molar-refractivity contribution in [2.75, 3.05) is 12.4 Å². The minimum Gasteiger partial charge on any atom is -0.497 e. The summed E-state index contributed by atoms with van der Waals surface area (Å²) >= 11 is 12.2. The molecule has 140 valence electrons. The Labute approximate surface area is 162 Å². The van der Waals surface area contributed by atoms with Crippen molar-refractivity contribution in [1.29, 1.82) is 0 Å². The summed E-state index contributed by atoms with van der Waals surface area (Å²) in [6.45, 7) is 0. The summed E-state index contributed by atoms with van der Waals surface area (Å²) in [5.74, 6) is 1.10. The van der Waals surface area contributed by atoms with E-state index in [-0.39, 0.29) is 11.0 Å². The minimum atomic E-state index is -4.41. The molecule has 3 rings (SSSR count). The molecule has 0 aliphatic carbocycles. The smallest absolute Gasteiger partial charge is 0.416 e. The zero-order chi connectivity index (χ0) is 19.6. The number of aromatic nitrogens is 2. The van der Waals surface area contributed by atoms with Gasteiger partial charge in [0.25, 0.3) is 0 Å². The van der Waals surface area contributed by atoms with Crippen LogP contribution in [-0.2, 0) is 6.18 Å². The Hall–Kier alpha value is -2.51. The van der Waals surface area contributed by atoms with Crippen molar-refractivity contribution in [2.24, 2.45) is 0 Å². The highest BCUT2D eigenvalue weighted by atomic mass is 35.5. The molecule has 1 heterocycles. The van der Waals surface area contributed by atoms with Gasteiger partial charge in [0.15, 0.2) is 5.82 Å². The summed E-state index contributed by atoms with van der Waals surface area (Å²) in [7, 11) is 1.53. The molecule has 0 radical (unpaired) electrons. The van der Waals surface area contributed by atoms with Gasteiger partial charge < -0.3 is 10.1 Å². The third kappa shape index (κ3) is 4.61. The SMILES string of the molecule is COc1ccc(Cl)c(Nc2cc(Cl)nc(-c3ccc(C(F)(F)F)cc3)n2)c1. The number of anilines is 2. The first kappa shape index (κ1) is 19.3. The summed E-state index contributed by atoms with van der Waals surface area (Å²) in [5.41, 5.74) is 0.171. The highest BCUT2D eigenvalue weighted by Gasteiger charge is 2.30. The zero-order valence-corrected chi connectivity index (χ0v) is 15.3. The topological polar surface area (TPSA) is 47.0 Å². The first-order valence-electron chi connectivity index (χ1n) is 7.59. The molecule has 0 aliphatic rings. The monoisotopic (exact) mass is 413 g/mol. The summed E-state index contributed by atoms with van der Waals surface area (Å²) in [6, 6.07) is 11.0. The number of nitrogens with zero attached hydrogens (tertiary/aromatic N) is 2. The number of benzene rings is 2. The molecule has 1 N–H and O–H groups in total. The molecule has 1 aromatic heterocycles. The third-order valence-corrected chi connectivity index (χ3v) is 4.12. The fraction of sp³-hybridized carbons (Fsp3) is 0.111. The van der Waals surface area contributed by atoms with E-state index in [2.05, 4.69) is 15.3 Å². The van der Waals surface area contributed by atoms with Crippen molar-refractivity contribution in [2.45, 2.75) is 6.18 Å². The fourth-order valence-electron chi connectivity index (χ4n) is 2.28. The van der Waals surface area contributed by atoms with Gasteiger partial charge in [0.05, 0.1) is 23.4 Å².